The van der Waals surface area contributed by atoms with Crippen molar-refractivity contribution in [3.63, 3.8) is 0 Å². The largest absolute Gasteiger partial charge is 0.459 e. The predicted molar refractivity (Wildman–Crippen MR) is 177 cm³/mol. The van der Waals surface area contributed by atoms with Crippen LogP contribution in [0.3, 0.4) is 0 Å². The lowest BCUT2D eigenvalue weighted by molar-refractivity contribution is -0.153. The minimum Gasteiger partial charge on any atom is -0.459 e. The average molecular weight is 686 g/mol. The molecule has 1 atom stereocenters. The average Bonchev–Trinajstić information content (AvgIpc) is 3.40. The van der Waals surface area contributed by atoms with Gasteiger partial charge in [-0.15, -0.1) is 11.3 Å². The van der Waals surface area contributed by atoms with Crippen LogP contribution in [0.25, 0.3) is 10.6 Å². The first-order valence-corrected chi connectivity index (χ1v) is 17.0. The van der Waals surface area contributed by atoms with E-state index >= 15 is 0 Å². The minimum absolute atomic E-state index is 0.0793. The molecule has 11 nitrogen and oxygen atoms in total. The van der Waals surface area contributed by atoms with Gasteiger partial charge in [-0.25, -0.2) is 32.9 Å². The highest BCUT2D eigenvalue weighted by Crippen LogP contribution is 2.29. The summed E-state index contributed by atoms with van der Waals surface area (Å²) in [5, 5.41) is 0.595. The van der Waals surface area contributed by atoms with E-state index in [0.717, 1.165) is 21.0 Å². The Hall–Kier alpha value is -3.91. The molecule has 0 bridgehead atoms. The fourth-order valence-corrected chi connectivity index (χ4v) is 6.28. The summed E-state index contributed by atoms with van der Waals surface area (Å²) >= 11 is 7.40. The van der Waals surface area contributed by atoms with E-state index in [2.05, 4.69) is 19.7 Å². The van der Waals surface area contributed by atoms with Crippen LogP contribution in [-0.4, -0.2) is 53.2 Å². The number of hydrogen-bond donors (Lipinski definition) is 1. The molecule has 0 spiro atoms. The quantitative estimate of drug-likeness (QED) is 0.183. The number of halogens is 1. The minimum atomic E-state index is -4.09. The predicted octanol–water partition coefficient (Wildman–Crippen LogP) is 6.60. The van der Waals surface area contributed by atoms with E-state index in [0.29, 0.717) is 10.0 Å². The van der Waals surface area contributed by atoms with Crippen molar-refractivity contribution in [3.8, 4) is 10.6 Å². The van der Waals surface area contributed by atoms with Gasteiger partial charge in [0, 0.05) is 11.8 Å². The number of anilines is 1. The van der Waals surface area contributed by atoms with Gasteiger partial charge < -0.3 is 9.47 Å². The molecule has 0 aliphatic heterocycles. The first-order chi connectivity index (χ1) is 21.5. The van der Waals surface area contributed by atoms with Gasteiger partial charge in [-0.3, -0.25) is 9.69 Å². The number of carbonyl (C=O) groups is 2. The number of carbonyl (C=O) groups excluding carboxylic acids is 2. The maximum atomic E-state index is 13.4. The zero-order chi connectivity index (χ0) is 33.7. The number of pyridine rings is 2. The lowest BCUT2D eigenvalue weighted by Crippen LogP contribution is -2.42. The molecular weight excluding hydrogens is 650 g/mol. The van der Waals surface area contributed by atoms with Gasteiger partial charge in [0.2, 0.25) is 0 Å². The second-order valence-electron chi connectivity index (χ2n) is 12.3. The third kappa shape index (κ3) is 10.0. The molecule has 14 heteroatoms. The van der Waals surface area contributed by atoms with Gasteiger partial charge >= 0.3 is 12.1 Å². The maximum Gasteiger partial charge on any atom is 0.416 e. The first-order valence-electron chi connectivity index (χ1n) is 14.3. The number of hydrogen-bond acceptors (Lipinski definition) is 10. The van der Waals surface area contributed by atoms with Crippen molar-refractivity contribution in [3.05, 3.63) is 88.7 Å². The topological polar surface area (TPSA) is 141 Å². The lowest BCUT2D eigenvalue weighted by Gasteiger charge is -2.28. The first kappa shape index (κ1) is 35.0. The Morgan fingerprint density at radius 3 is 2.22 bits per heavy atom. The number of nitrogens with zero attached hydrogens (tertiary/aromatic N) is 4. The fourth-order valence-electron chi connectivity index (χ4n) is 4.21. The molecule has 1 aromatic carbocycles. The van der Waals surface area contributed by atoms with Crippen molar-refractivity contribution >= 4 is 50.8 Å². The van der Waals surface area contributed by atoms with Crippen LogP contribution in [0, 0.1) is 0 Å². The Labute approximate surface area is 278 Å². The monoisotopic (exact) mass is 685 g/mol. The second kappa shape index (κ2) is 14.2. The zero-order valence-electron chi connectivity index (χ0n) is 26.4. The van der Waals surface area contributed by atoms with Crippen LogP contribution in [0.5, 0.6) is 0 Å². The molecule has 0 fully saturated rings. The van der Waals surface area contributed by atoms with Gasteiger partial charge in [0.15, 0.2) is 5.03 Å². The molecule has 1 amide bonds. The van der Waals surface area contributed by atoms with Crippen LogP contribution in [0.15, 0.2) is 78.1 Å². The van der Waals surface area contributed by atoms with E-state index in [1.807, 2.05) is 24.3 Å². The van der Waals surface area contributed by atoms with Crippen LogP contribution < -0.4 is 9.62 Å². The summed E-state index contributed by atoms with van der Waals surface area (Å²) in [6.07, 6.45) is 2.35. The summed E-state index contributed by atoms with van der Waals surface area (Å²) < 4.78 is 41.2. The van der Waals surface area contributed by atoms with Gasteiger partial charge in [0.05, 0.1) is 17.9 Å². The van der Waals surface area contributed by atoms with Crippen LogP contribution >= 0.6 is 22.9 Å². The van der Waals surface area contributed by atoms with Crippen LogP contribution in [0.1, 0.15) is 58.8 Å². The second-order valence-corrected chi connectivity index (χ2v) is 15.6. The molecule has 0 aliphatic carbocycles. The summed E-state index contributed by atoms with van der Waals surface area (Å²) in [5.41, 5.74) is 0.303. The van der Waals surface area contributed by atoms with E-state index < -0.39 is 45.9 Å². The number of thiazole rings is 1. The smallest absolute Gasteiger partial charge is 0.416 e. The van der Waals surface area contributed by atoms with Crippen molar-refractivity contribution in [1.82, 2.24) is 19.7 Å². The molecule has 0 saturated carbocycles. The molecule has 1 unspecified atom stereocenters. The molecule has 0 aliphatic rings. The standard InChI is InChI=1S/C32H36ClN5O6S2/c1-31(2,3)43-28(39)20-38(30(40)44-32(4,5)6)26-11-9-10-23(36-26)24(37-46(41,42)27-12-7-8-17-34-27)18-21-13-15-22(16-14-21)29-35-19-25(33)45-29/h7-17,19,24,37H,18,20H2,1-6H3. The number of esters is 1. The summed E-state index contributed by atoms with van der Waals surface area (Å²) in [6, 6.07) is 16.0. The fraction of sp³-hybridized carbons (Fsp3) is 0.344. The maximum absolute atomic E-state index is 13.4. The van der Waals surface area contributed by atoms with Crippen molar-refractivity contribution in [2.24, 2.45) is 0 Å². The highest BCUT2D eigenvalue weighted by atomic mass is 35.5. The molecule has 0 radical (unpaired) electrons. The molecule has 46 heavy (non-hydrogen) atoms. The van der Waals surface area contributed by atoms with Gasteiger partial charge in [-0.05, 0) is 77.8 Å². The molecule has 3 heterocycles. The Balaban J connectivity index is 1.71. The van der Waals surface area contributed by atoms with Crippen LogP contribution in [0.4, 0.5) is 10.6 Å². The number of rotatable bonds is 10. The molecule has 3 aromatic heterocycles. The molecule has 0 saturated heterocycles. The molecule has 4 rings (SSSR count). The summed E-state index contributed by atoms with van der Waals surface area (Å²) in [7, 11) is -4.09. The van der Waals surface area contributed by atoms with Crippen molar-refractivity contribution in [2.45, 2.75) is 70.2 Å². The van der Waals surface area contributed by atoms with E-state index in [4.69, 9.17) is 21.1 Å². The molecule has 4 aromatic rings. The van der Waals surface area contributed by atoms with E-state index in [9.17, 15) is 18.0 Å². The Morgan fingerprint density at radius 1 is 0.935 bits per heavy atom. The summed E-state index contributed by atoms with van der Waals surface area (Å²) in [5.74, 6) is -0.588. The lowest BCUT2D eigenvalue weighted by atomic mass is 10.0. The van der Waals surface area contributed by atoms with Crippen molar-refractivity contribution in [1.29, 1.82) is 0 Å². The number of sulfonamides is 1. The van der Waals surface area contributed by atoms with E-state index in [1.54, 1.807) is 72.0 Å². The van der Waals surface area contributed by atoms with Gasteiger partial charge in [-0.1, -0.05) is 48.0 Å². The number of amides is 1. The Morgan fingerprint density at radius 2 is 1.63 bits per heavy atom. The third-order valence-corrected chi connectivity index (χ3v) is 8.59. The van der Waals surface area contributed by atoms with Gasteiger partial charge in [-0.2, -0.15) is 0 Å². The normalized spacial score (nSPS) is 12.8. The Bertz CT molecular complexity index is 1770. The molecule has 1 N–H and O–H groups in total. The van der Waals surface area contributed by atoms with Gasteiger partial charge in [0.25, 0.3) is 10.0 Å². The third-order valence-electron chi connectivity index (χ3n) is 6.04. The van der Waals surface area contributed by atoms with Crippen LogP contribution in [0.2, 0.25) is 4.34 Å². The Kier molecular flexibility index (Phi) is 10.8. The van der Waals surface area contributed by atoms with Crippen molar-refractivity contribution in [2.75, 3.05) is 11.4 Å². The highest BCUT2D eigenvalue weighted by Gasteiger charge is 2.30. The van der Waals surface area contributed by atoms with E-state index in [-0.39, 0.29) is 17.3 Å². The van der Waals surface area contributed by atoms with E-state index in [1.165, 1.54) is 29.7 Å². The molecule has 244 valence electrons. The van der Waals surface area contributed by atoms with Gasteiger partial charge in [0.1, 0.15) is 32.9 Å². The van der Waals surface area contributed by atoms with Crippen molar-refractivity contribution < 1.29 is 27.5 Å². The summed E-state index contributed by atoms with van der Waals surface area (Å²) in [4.78, 5) is 40.2. The summed E-state index contributed by atoms with van der Waals surface area (Å²) in [6.45, 7) is 9.80. The number of nitrogens with one attached hydrogen (secondary N) is 1. The SMILES string of the molecule is CC(C)(C)OC(=O)CN(C(=O)OC(C)(C)C)c1cccc(C(Cc2ccc(-c3ncc(Cl)s3)cc2)NS(=O)(=O)c2ccccn2)n1. The molecular formula is C32H36ClN5O6S2. The zero-order valence-corrected chi connectivity index (χ0v) is 28.7. The number of ether oxygens (including phenoxy) is 2. The number of benzene rings is 1. The van der Waals surface area contributed by atoms with Crippen LogP contribution in [-0.2, 0) is 30.7 Å². The highest BCUT2D eigenvalue weighted by molar-refractivity contribution is 7.89. The number of aromatic nitrogens is 3.